The number of pyridine rings is 1. The van der Waals surface area contributed by atoms with Crippen LogP contribution in [0.2, 0.25) is 0 Å². The molecule has 9 heteroatoms. The first-order valence-corrected chi connectivity index (χ1v) is 10.8. The smallest absolute Gasteiger partial charge is 0.244 e. The van der Waals surface area contributed by atoms with E-state index in [2.05, 4.69) is 4.98 Å². The van der Waals surface area contributed by atoms with Crippen molar-refractivity contribution < 1.29 is 22.0 Å². The lowest BCUT2D eigenvalue weighted by Gasteiger charge is -2.34. The zero-order chi connectivity index (χ0) is 21.2. The Balaban J connectivity index is 1.64. The quantitative estimate of drug-likeness (QED) is 0.741. The molecule has 156 valence electrons. The summed E-state index contributed by atoms with van der Waals surface area (Å²) >= 11 is 0. The number of piperidine rings is 1. The summed E-state index contributed by atoms with van der Waals surface area (Å²) in [7, 11) is -2.01. The first kappa shape index (κ1) is 21.3. The number of amides is 1. The number of aromatic nitrogens is 1. The standard InChI is InChI=1S/C20H23F2N3O3S/c1-14(16-5-6-18(21)19(22)12-16)24(2)20(26)15-7-10-25(11-8-15)29(27,28)17-4-3-9-23-13-17/h3-6,9,12-15H,7-8,10-11H2,1-2H3. The van der Waals surface area contributed by atoms with E-state index in [0.29, 0.717) is 18.4 Å². The molecule has 1 saturated heterocycles. The minimum atomic E-state index is -3.63. The molecule has 1 amide bonds. The molecule has 1 aromatic carbocycles. The molecule has 1 aliphatic heterocycles. The van der Waals surface area contributed by atoms with Gasteiger partial charge in [-0.15, -0.1) is 0 Å². The second-order valence-corrected chi connectivity index (χ2v) is 9.10. The van der Waals surface area contributed by atoms with Crippen LogP contribution >= 0.6 is 0 Å². The van der Waals surface area contributed by atoms with E-state index in [0.717, 1.165) is 12.1 Å². The topological polar surface area (TPSA) is 70.6 Å². The van der Waals surface area contributed by atoms with Crippen molar-refractivity contribution >= 4 is 15.9 Å². The van der Waals surface area contributed by atoms with Crippen LogP contribution in [-0.4, -0.2) is 48.7 Å². The minimum absolute atomic E-state index is 0.133. The fourth-order valence-electron chi connectivity index (χ4n) is 3.47. The number of sulfonamides is 1. The summed E-state index contributed by atoms with van der Waals surface area (Å²) in [6.45, 7) is 2.22. The van der Waals surface area contributed by atoms with Crippen LogP contribution in [0.5, 0.6) is 0 Å². The molecule has 2 heterocycles. The molecule has 0 bridgehead atoms. The van der Waals surface area contributed by atoms with Crippen LogP contribution in [0.3, 0.4) is 0 Å². The summed E-state index contributed by atoms with van der Waals surface area (Å²) in [4.78, 5) is 18.4. The molecule has 0 saturated carbocycles. The Morgan fingerprint density at radius 3 is 2.48 bits per heavy atom. The number of carbonyl (C=O) groups excluding carboxylic acids is 1. The SMILES string of the molecule is CC(c1ccc(F)c(F)c1)N(C)C(=O)C1CCN(S(=O)(=O)c2cccnc2)CC1. The van der Waals surface area contributed by atoms with Crippen LogP contribution < -0.4 is 0 Å². The third-order valence-corrected chi connectivity index (χ3v) is 7.31. The highest BCUT2D eigenvalue weighted by molar-refractivity contribution is 7.89. The van der Waals surface area contributed by atoms with Crippen LogP contribution in [0.1, 0.15) is 31.4 Å². The maximum absolute atomic E-state index is 13.5. The number of nitrogens with zero attached hydrogens (tertiary/aromatic N) is 3. The summed E-state index contributed by atoms with van der Waals surface area (Å²) < 4.78 is 53.4. The van der Waals surface area contributed by atoms with Crippen molar-refractivity contribution in [2.45, 2.75) is 30.7 Å². The molecule has 3 rings (SSSR count). The second-order valence-electron chi connectivity index (χ2n) is 7.17. The highest BCUT2D eigenvalue weighted by atomic mass is 32.2. The lowest BCUT2D eigenvalue weighted by molar-refractivity contribution is -0.137. The Morgan fingerprint density at radius 1 is 1.21 bits per heavy atom. The fraction of sp³-hybridized carbons (Fsp3) is 0.400. The molecule has 0 aliphatic carbocycles. The molecular formula is C20H23F2N3O3S. The Morgan fingerprint density at radius 2 is 1.90 bits per heavy atom. The normalized spacial score (nSPS) is 17.1. The van der Waals surface area contributed by atoms with Crippen molar-refractivity contribution in [3.8, 4) is 0 Å². The van der Waals surface area contributed by atoms with Crippen LogP contribution in [0.15, 0.2) is 47.6 Å². The van der Waals surface area contributed by atoms with Crippen molar-refractivity contribution in [2.24, 2.45) is 5.92 Å². The maximum atomic E-state index is 13.5. The number of carbonyl (C=O) groups is 1. The maximum Gasteiger partial charge on any atom is 0.244 e. The van der Waals surface area contributed by atoms with Gasteiger partial charge in [-0.25, -0.2) is 17.2 Å². The van der Waals surface area contributed by atoms with E-state index < -0.39 is 27.7 Å². The summed E-state index contributed by atoms with van der Waals surface area (Å²) in [6, 6.07) is 6.22. The largest absolute Gasteiger partial charge is 0.339 e. The molecule has 1 unspecified atom stereocenters. The summed E-state index contributed by atoms with van der Waals surface area (Å²) in [5, 5.41) is 0. The Bertz CT molecular complexity index is 978. The minimum Gasteiger partial charge on any atom is -0.339 e. The Labute approximate surface area is 169 Å². The lowest BCUT2D eigenvalue weighted by atomic mass is 9.95. The molecule has 0 spiro atoms. The Hall–Kier alpha value is -2.39. The molecule has 29 heavy (non-hydrogen) atoms. The van der Waals surface area contributed by atoms with E-state index in [-0.39, 0.29) is 29.8 Å². The number of benzene rings is 1. The van der Waals surface area contributed by atoms with Gasteiger partial charge < -0.3 is 4.90 Å². The summed E-state index contributed by atoms with van der Waals surface area (Å²) in [5.74, 6) is -2.35. The van der Waals surface area contributed by atoms with Gasteiger partial charge in [-0.3, -0.25) is 9.78 Å². The number of halogens is 2. The molecule has 1 aromatic heterocycles. The van der Waals surface area contributed by atoms with Gasteiger partial charge >= 0.3 is 0 Å². The highest BCUT2D eigenvalue weighted by Crippen LogP contribution is 2.28. The molecule has 2 aromatic rings. The molecule has 0 N–H and O–H groups in total. The van der Waals surface area contributed by atoms with Crippen molar-refractivity contribution in [3.63, 3.8) is 0 Å². The monoisotopic (exact) mass is 423 g/mol. The predicted molar refractivity (Wildman–Crippen MR) is 103 cm³/mol. The average Bonchev–Trinajstić information content (AvgIpc) is 2.74. The number of hydrogen-bond acceptors (Lipinski definition) is 4. The second kappa shape index (κ2) is 8.54. The predicted octanol–water partition coefficient (Wildman–Crippen LogP) is 2.98. The van der Waals surface area contributed by atoms with E-state index in [1.54, 1.807) is 20.0 Å². The fourth-order valence-corrected chi connectivity index (χ4v) is 4.90. The molecule has 1 fully saturated rings. The first-order valence-electron chi connectivity index (χ1n) is 9.33. The van der Waals surface area contributed by atoms with Gasteiger partial charge in [0, 0.05) is 38.4 Å². The van der Waals surface area contributed by atoms with Gasteiger partial charge in [0.15, 0.2) is 11.6 Å². The van der Waals surface area contributed by atoms with Crippen molar-refractivity contribution in [1.29, 1.82) is 0 Å². The number of hydrogen-bond donors (Lipinski definition) is 0. The van der Waals surface area contributed by atoms with Gasteiger partial charge in [0.25, 0.3) is 0 Å². The van der Waals surface area contributed by atoms with E-state index >= 15 is 0 Å². The lowest BCUT2D eigenvalue weighted by Crippen LogP contribution is -2.44. The van der Waals surface area contributed by atoms with Crippen LogP contribution in [-0.2, 0) is 14.8 Å². The van der Waals surface area contributed by atoms with Crippen molar-refractivity contribution in [3.05, 3.63) is 59.9 Å². The van der Waals surface area contributed by atoms with Crippen molar-refractivity contribution in [1.82, 2.24) is 14.2 Å². The molecule has 1 atom stereocenters. The molecular weight excluding hydrogens is 400 g/mol. The van der Waals surface area contributed by atoms with E-state index in [1.807, 2.05) is 0 Å². The summed E-state index contributed by atoms with van der Waals surface area (Å²) in [5.41, 5.74) is 0.497. The third kappa shape index (κ3) is 4.45. The van der Waals surface area contributed by atoms with Crippen LogP contribution in [0.4, 0.5) is 8.78 Å². The van der Waals surface area contributed by atoms with Gasteiger partial charge in [-0.05, 0) is 49.6 Å². The molecule has 0 radical (unpaired) electrons. The van der Waals surface area contributed by atoms with E-state index in [4.69, 9.17) is 0 Å². The zero-order valence-corrected chi connectivity index (χ0v) is 17.1. The Kier molecular flexibility index (Phi) is 6.28. The molecule has 1 aliphatic rings. The average molecular weight is 423 g/mol. The first-order chi connectivity index (χ1) is 13.7. The van der Waals surface area contributed by atoms with Gasteiger partial charge in [-0.1, -0.05) is 6.07 Å². The third-order valence-electron chi connectivity index (χ3n) is 5.43. The zero-order valence-electron chi connectivity index (χ0n) is 16.3. The number of rotatable bonds is 5. The van der Waals surface area contributed by atoms with Gasteiger partial charge in [0.05, 0.1) is 6.04 Å². The van der Waals surface area contributed by atoms with Crippen LogP contribution in [0, 0.1) is 17.6 Å². The van der Waals surface area contributed by atoms with Crippen LogP contribution in [0.25, 0.3) is 0 Å². The highest BCUT2D eigenvalue weighted by Gasteiger charge is 2.34. The van der Waals surface area contributed by atoms with E-state index in [1.165, 1.54) is 33.7 Å². The van der Waals surface area contributed by atoms with Crippen molar-refractivity contribution in [2.75, 3.05) is 20.1 Å². The molecule has 6 nitrogen and oxygen atoms in total. The van der Waals surface area contributed by atoms with Gasteiger partial charge in [0.1, 0.15) is 4.90 Å². The van der Waals surface area contributed by atoms with Gasteiger partial charge in [0.2, 0.25) is 15.9 Å². The van der Waals surface area contributed by atoms with Gasteiger partial charge in [-0.2, -0.15) is 4.31 Å². The van der Waals surface area contributed by atoms with E-state index in [9.17, 15) is 22.0 Å². The summed E-state index contributed by atoms with van der Waals surface area (Å²) in [6.07, 6.45) is 3.61.